The molecule has 89 valence electrons. The van der Waals surface area contributed by atoms with Gasteiger partial charge in [-0.1, -0.05) is 0 Å². The zero-order chi connectivity index (χ0) is 11.1. The lowest BCUT2D eigenvalue weighted by molar-refractivity contribution is 0.215. The van der Waals surface area contributed by atoms with E-state index in [0.717, 1.165) is 19.6 Å². The maximum Gasteiger partial charge on any atom is 0.332 e. The van der Waals surface area contributed by atoms with E-state index in [1.165, 1.54) is 0 Å². The van der Waals surface area contributed by atoms with Crippen LogP contribution in [0.4, 0.5) is 0 Å². The fourth-order valence-corrected chi connectivity index (χ4v) is 3.41. The molecule has 1 saturated heterocycles. The SMILES string of the molecule is CCOP(=O)(CC1CNCC[N]1)OCC. The van der Waals surface area contributed by atoms with Crippen LogP contribution in [0.15, 0.2) is 0 Å². The van der Waals surface area contributed by atoms with E-state index in [0.29, 0.717) is 19.4 Å². The Balaban J connectivity index is 2.45. The Labute approximate surface area is 91.4 Å². The van der Waals surface area contributed by atoms with E-state index in [2.05, 4.69) is 10.6 Å². The fraction of sp³-hybridized carbons (Fsp3) is 1.00. The third kappa shape index (κ3) is 4.62. The lowest BCUT2D eigenvalue weighted by Crippen LogP contribution is -2.46. The highest BCUT2D eigenvalue weighted by Gasteiger charge is 2.29. The molecule has 0 bridgehead atoms. The molecular formula is C9H20N2O3P. The Morgan fingerprint density at radius 1 is 1.40 bits per heavy atom. The van der Waals surface area contributed by atoms with Crippen molar-refractivity contribution in [2.24, 2.45) is 0 Å². The molecule has 0 aromatic rings. The van der Waals surface area contributed by atoms with Crippen molar-refractivity contribution in [2.45, 2.75) is 19.9 Å². The molecule has 0 aliphatic carbocycles. The van der Waals surface area contributed by atoms with Crippen LogP contribution in [0.25, 0.3) is 0 Å². The van der Waals surface area contributed by atoms with Crippen LogP contribution in [0.5, 0.6) is 0 Å². The summed E-state index contributed by atoms with van der Waals surface area (Å²) in [6, 6.07) is 0.0580. The summed E-state index contributed by atoms with van der Waals surface area (Å²) >= 11 is 0. The topological polar surface area (TPSA) is 61.7 Å². The zero-order valence-corrected chi connectivity index (χ0v) is 10.3. The van der Waals surface area contributed by atoms with Gasteiger partial charge in [-0.25, -0.2) is 5.32 Å². The van der Waals surface area contributed by atoms with Crippen molar-refractivity contribution in [3.63, 3.8) is 0 Å². The van der Waals surface area contributed by atoms with Gasteiger partial charge in [-0.3, -0.25) is 4.57 Å². The average Bonchev–Trinajstić information content (AvgIpc) is 2.19. The Bertz CT molecular complexity index is 209. The standard InChI is InChI=1S/C9H20N2O3P/c1-3-13-15(12,14-4-2)8-9-7-10-5-6-11-9/h9-10H,3-8H2,1-2H3. The highest BCUT2D eigenvalue weighted by molar-refractivity contribution is 7.53. The molecule has 0 spiro atoms. The van der Waals surface area contributed by atoms with Gasteiger partial charge in [0.15, 0.2) is 0 Å². The van der Waals surface area contributed by atoms with E-state index in [4.69, 9.17) is 9.05 Å². The second-order valence-electron chi connectivity index (χ2n) is 3.39. The second-order valence-corrected chi connectivity index (χ2v) is 5.50. The average molecular weight is 235 g/mol. The predicted molar refractivity (Wildman–Crippen MR) is 59.4 cm³/mol. The first-order valence-corrected chi connectivity index (χ1v) is 7.18. The van der Waals surface area contributed by atoms with Gasteiger partial charge in [0.1, 0.15) is 0 Å². The van der Waals surface area contributed by atoms with E-state index in [1.807, 2.05) is 13.8 Å². The lowest BCUT2D eigenvalue weighted by Gasteiger charge is -2.26. The summed E-state index contributed by atoms with van der Waals surface area (Å²) in [7, 11) is -2.92. The van der Waals surface area contributed by atoms with Gasteiger partial charge in [-0.05, 0) is 13.8 Å². The van der Waals surface area contributed by atoms with Gasteiger partial charge in [0, 0.05) is 25.7 Å². The molecule has 0 aromatic carbocycles. The monoisotopic (exact) mass is 235 g/mol. The highest BCUT2D eigenvalue weighted by atomic mass is 31.2. The third-order valence-electron chi connectivity index (χ3n) is 2.14. The second kappa shape index (κ2) is 6.61. The summed E-state index contributed by atoms with van der Waals surface area (Å²) in [5, 5.41) is 7.60. The highest BCUT2D eigenvalue weighted by Crippen LogP contribution is 2.48. The Kier molecular flexibility index (Phi) is 5.79. The first-order valence-electron chi connectivity index (χ1n) is 5.45. The summed E-state index contributed by atoms with van der Waals surface area (Å²) in [4.78, 5) is 0. The van der Waals surface area contributed by atoms with E-state index < -0.39 is 7.60 Å². The minimum atomic E-state index is -2.92. The van der Waals surface area contributed by atoms with Crippen LogP contribution >= 0.6 is 7.60 Å². The molecule has 1 aliphatic heterocycles. The van der Waals surface area contributed by atoms with Gasteiger partial charge >= 0.3 is 7.60 Å². The summed E-state index contributed by atoms with van der Waals surface area (Å²) in [5.41, 5.74) is 0. The zero-order valence-electron chi connectivity index (χ0n) is 9.44. The Hall–Kier alpha value is 0.0700. The van der Waals surface area contributed by atoms with E-state index in [-0.39, 0.29) is 6.04 Å². The molecule has 1 atom stereocenters. The molecule has 0 aromatic heterocycles. The third-order valence-corrected chi connectivity index (χ3v) is 4.31. The van der Waals surface area contributed by atoms with Crippen LogP contribution in [0.2, 0.25) is 0 Å². The summed E-state index contributed by atoms with van der Waals surface area (Å²) in [6.07, 6.45) is 0.391. The minimum absolute atomic E-state index is 0.0580. The first kappa shape index (κ1) is 13.1. The molecule has 1 heterocycles. The molecule has 1 N–H and O–H groups in total. The molecule has 1 fully saturated rings. The quantitative estimate of drug-likeness (QED) is 0.693. The van der Waals surface area contributed by atoms with Crippen molar-refractivity contribution >= 4 is 7.60 Å². The van der Waals surface area contributed by atoms with Crippen molar-refractivity contribution in [2.75, 3.05) is 39.0 Å². The van der Waals surface area contributed by atoms with Crippen LogP contribution in [0.1, 0.15) is 13.8 Å². The maximum atomic E-state index is 12.1. The fourth-order valence-electron chi connectivity index (χ4n) is 1.58. The van der Waals surface area contributed by atoms with Crippen molar-refractivity contribution in [1.29, 1.82) is 0 Å². The molecule has 0 amide bonds. The Morgan fingerprint density at radius 2 is 2.07 bits per heavy atom. The van der Waals surface area contributed by atoms with Crippen LogP contribution < -0.4 is 10.6 Å². The van der Waals surface area contributed by atoms with Crippen molar-refractivity contribution in [1.82, 2.24) is 10.6 Å². The number of hydrogen-bond donors (Lipinski definition) is 1. The van der Waals surface area contributed by atoms with Gasteiger partial charge in [-0.2, -0.15) is 0 Å². The predicted octanol–water partition coefficient (Wildman–Crippen LogP) is 0.829. The number of hydrogen-bond acceptors (Lipinski definition) is 4. The lowest BCUT2D eigenvalue weighted by atomic mass is 10.3. The van der Waals surface area contributed by atoms with Crippen LogP contribution in [-0.2, 0) is 13.6 Å². The maximum absolute atomic E-state index is 12.1. The first-order chi connectivity index (χ1) is 7.20. The number of nitrogens with one attached hydrogen (secondary N) is 1. The number of rotatable bonds is 6. The van der Waals surface area contributed by atoms with Crippen molar-refractivity contribution in [3.05, 3.63) is 0 Å². The van der Waals surface area contributed by atoms with Gasteiger partial charge in [0.05, 0.1) is 19.4 Å². The molecule has 1 aliphatic rings. The van der Waals surface area contributed by atoms with E-state index in [9.17, 15) is 4.57 Å². The molecule has 1 radical (unpaired) electrons. The minimum Gasteiger partial charge on any atom is -0.314 e. The summed E-state index contributed by atoms with van der Waals surface area (Å²) < 4.78 is 22.6. The molecule has 6 heteroatoms. The number of piperazine rings is 1. The summed E-state index contributed by atoms with van der Waals surface area (Å²) in [5.74, 6) is 0. The van der Waals surface area contributed by atoms with Gasteiger partial charge in [0.2, 0.25) is 0 Å². The van der Waals surface area contributed by atoms with Gasteiger partial charge in [0.25, 0.3) is 0 Å². The molecule has 15 heavy (non-hydrogen) atoms. The van der Waals surface area contributed by atoms with Crippen LogP contribution in [-0.4, -0.2) is 45.1 Å². The van der Waals surface area contributed by atoms with Gasteiger partial charge in [-0.15, -0.1) is 0 Å². The molecule has 0 saturated carbocycles. The smallest absolute Gasteiger partial charge is 0.314 e. The van der Waals surface area contributed by atoms with Crippen LogP contribution in [0.3, 0.4) is 0 Å². The molecule has 5 nitrogen and oxygen atoms in total. The molecular weight excluding hydrogens is 215 g/mol. The normalized spacial score (nSPS) is 22.9. The van der Waals surface area contributed by atoms with Gasteiger partial charge < -0.3 is 14.4 Å². The number of nitrogens with zero attached hydrogens (tertiary/aromatic N) is 1. The van der Waals surface area contributed by atoms with E-state index >= 15 is 0 Å². The van der Waals surface area contributed by atoms with Crippen LogP contribution in [0, 0.1) is 0 Å². The largest absolute Gasteiger partial charge is 0.332 e. The van der Waals surface area contributed by atoms with Crippen molar-refractivity contribution < 1.29 is 13.6 Å². The summed E-state index contributed by atoms with van der Waals surface area (Å²) in [6.45, 7) is 6.93. The Morgan fingerprint density at radius 3 is 2.53 bits per heavy atom. The van der Waals surface area contributed by atoms with E-state index in [1.54, 1.807) is 0 Å². The molecule has 1 unspecified atom stereocenters. The van der Waals surface area contributed by atoms with Crippen molar-refractivity contribution in [3.8, 4) is 0 Å². The molecule has 1 rings (SSSR count).